The molecule has 2 amide bonds. The van der Waals surface area contributed by atoms with Crippen LogP contribution in [0.3, 0.4) is 0 Å². The predicted octanol–water partition coefficient (Wildman–Crippen LogP) is 2.25. The maximum absolute atomic E-state index is 13.4. The third-order valence-electron chi connectivity index (χ3n) is 3.80. The molecule has 0 aliphatic heterocycles. The quantitative estimate of drug-likeness (QED) is 0.790. The van der Waals surface area contributed by atoms with Crippen LogP contribution in [0.1, 0.15) is 42.5 Å². The van der Waals surface area contributed by atoms with Crippen molar-refractivity contribution in [2.75, 3.05) is 13.1 Å². The molecule has 2 N–H and O–H groups in total. The molecule has 2 rings (SSSR count). The molecule has 0 heterocycles. The van der Waals surface area contributed by atoms with Gasteiger partial charge in [-0.3, -0.25) is 9.59 Å². The van der Waals surface area contributed by atoms with Gasteiger partial charge in [0.1, 0.15) is 5.82 Å². The standard InChI is InChI=1S/C16H21FN2O2/c17-14-8-4-3-7-13(14)16(21)19-10-9-18-15(20)11-12-5-1-2-6-12/h3-4,7-8,12H,1-2,5-6,9-11H2,(H,18,20)(H,19,21). The summed E-state index contributed by atoms with van der Waals surface area (Å²) in [6, 6.07) is 5.83. The molecule has 1 aliphatic carbocycles. The van der Waals surface area contributed by atoms with Gasteiger partial charge in [-0.2, -0.15) is 0 Å². The molecule has 1 aromatic rings. The average Bonchev–Trinajstić information content (AvgIpc) is 2.96. The van der Waals surface area contributed by atoms with Crippen molar-refractivity contribution in [3.63, 3.8) is 0 Å². The lowest BCUT2D eigenvalue weighted by Crippen LogP contribution is -2.35. The van der Waals surface area contributed by atoms with Gasteiger partial charge < -0.3 is 10.6 Å². The van der Waals surface area contributed by atoms with E-state index in [0.717, 1.165) is 12.8 Å². The molecule has 0 saturated heterocycles. The number of halogens is 1. The van der Waals surface area contributed by atoms with Crippen LogP contribution in [-0.2, 0) is 4.79 Å². The van der Waals surface area contributed by atoms with Crippen molar-refractivity contribution in [1.82, 2.24) is 10.6 Å². The Labute approximate surface area is 124 Å². The molecule has 114 valence electrons. The number of amides is 2. The summed E-state index contributed by atoms with van der Waals surface area (Å²) in [5, 5.41) is 5.38. The Bertz CT molecular complexity index is 499. The van der Waals surface area contributed by atoms with E-state index in [-0.39, 0.29) is 11.5 Å². The maximum atomic E-state index is 13.4. The fourth-order valence-corrected chi connectivity index (χ4v) is 2.67. The van der Waals surface area contributed by atoms with E-state index in [1.54, 1.807) is 6.07 Å². The molecule has 0 unspecified atom stereocenters. The molecule has 5 heteroatoms. The van der Waals surface area contributed by atoms with Gasteiger partial charge in [-0.05, 0) is 30.9 Å². The summed E-state index contributed by atoms with van der Waals surface area (Å²) in [6.07, 6.45) is 5.28. The Morgan fingerprint density at radius 3 is 2.48 bits per heavy atom. The molecule has 4 nitrogen and oxygen atoms in total. The number of rotatable bonds is 6. The monoisotopic (exact) mass is 292 g/mol. The first-order valence-electron chi connectivity index (χ1n) is 7.46. The zero-order valence-corrected chi connectivity index (χ0v) is 12.0. The Morgan fingerprint density at radius 1 is 1.10 bits per heavy atom. The van der Waals surface area contributed by atoms with Gasteiger partial charge in [0.15, 0.2) is 0 Å². The molecule has 0 atom stereocenters. The first-order chi connectivity index (χ1) is 10.2. The van der Waals surface area contributed by atoms with Crippen molar-refractivity contribution in [3.8, 4) is 0 Å². The van der Waals surface area contributed by atoms with E-state index in [9.17, 15) is 14.0 Å². The third kappa shape index (κ3) is 4.85. The highest BCUT2D eigenvalue weighted by molar-refractivity contribution is 5.94. The minimum absolute atomic E-state index is 0.0229. The van der Waals surface area contributed by atoms with Crippen LogP contribution in [0, 0.1) is 11.7 Å². The fraction of sp³-hybridized carbons (Fsp3) is 0.500. The lowest BCUT2D eigenvalue weighted by molar-refractivity contribution is -0.121. The molecule has 1 aromatic carbocycles. The summed E-state index contributed by atoms with van der Waals surface area (Å²) in [4.78, 5) is 23.4. The minimum atomic E-state index is -0.541. The van der Waals surface area contributed by atoms with Gasteiger partial charge in [-0.15, -0.1) is 0 Å². The Morgan fingerprint density at radius 2 is 1.76 bits per heavy atom. The van der Waals surface area contributed by atoms with Crippen LogP contribution < -0.4 is 10.6 Å². The molecule has 0 radical (unpaired) electrons. The van der Waals surface area contributed by atoms with Gasteiger partial charge in [0.25, 0.3) is 5.91 Å². The summed E-state index contributed by atoms with van der Waals surface area (Å²) in [5.41, 5.74) is 0.0229. The van der Waals surface area contributed by atoms with Crippen molar-refractivity contribution in [3.05, 3.63) is 35.6 Å². The topological polar surface area (TPSA) is 58.2 Å². The van der Waals surface area contributed by atoms with Crippen molar-refractivity contribution >= 4 is 11.8 Å². The second-order valence-corrected chi connectivity index (χ2v) is 5.44. The minimum Gasteiger partial charge on any atom is -0.354 e. The zero-order chi connectivity index (χ0) is 15.1. The van der Waals surface area contributed by atoms with E-state index in [1.807, 2.05) is 0 Å². The average molecular weight is 292 g/mol. The molecular weight excluding hydrogens is 271 g/mol. The summed E-state index contributed by atoms with van der Waals surface area (Å²) in [5.74, 6) is -0.460. The van der Waals surface area contributed by atoms with Crippen LogP contribution in [0.2, 0.25) is 0 Å². The molecule has 1 saturated carbocycles. The zero-order valence-electron chi connectivity index (χ0n) is 12.0. The number of hydrogen-bond donors (Lipinski definition) is 2. The van der Waals surface area contributed by atoms with Gasteiger partial charge in [0.2, 0.25) is 5.91 Å². The lowest BCUT2D eigenvalue weighted by atomic mass is 10.0. The van der Waals surface area contributed by atoms with Crippen LogP contribution in [-0.4, -0.2) is 24.9 Å². The summed E-state index contributed by atoms with van der Waals surface area (Å²) < 4.78 is 13.4. The van der Waals surface area contributed by atoms with Crippen LogP contribution in [0.25, 0.3) is 0 Å². The normalized spacial score (nSPS) is 14.9. The maximum Gasteiger partial charge on any atom is 0.254 e. The lowest BCUT2D eigenvalue weighted by Gasteiger charge is -2.10. The van der Waals surface area contributed by atoms with Crippen LogP contribution in [0.15, 0.2) is 24.3 Å². The number of carbonyl (C=O) groups is 2. The molecule has 1 aliphatic rings. The fourth-order valence-electron chi connectivity index (χ4n) is 2.67. The number of hydrogen-bond acceptors (Lipinski definition) is 2. The van der Waals surface area contributed by atoms with E-state index in [1.165, 1.54) is 31.0 Å². The number of benzene rings is 1. The van der Waals surface area contributed by atoms with Crippen molar-refractivity contribution < 1.29 is 14.0 Å². The first-order valence-corrected chi connectivity index (χ1v) is 7.46. The van der Waals surface area contributed by atoms with Crippen LogP contribution in [0.5, 0.6) is 0 Å². The van der Waals surface area contributed by atoms with Gasteiger partial charge in [0, 0.05) is 19.5 Å². The van der Waals surface area contributed by atoms with Gasteiger partial charge in [0.05, 0.1) is 5.56 Å². The SMILES string of the molecule is O=C(CC1CCCC1)NCCNC(=O)c1ccccc1F. The van der Waals surface area contributed by atoms with Crippen molar-refractivity contribution in [1.29, 1.82) is 0 Å². The number of carbonyl (C=O) groups excluding carboxylic acids is 2. The van der Waals surface area contributed by atoms with Crippen molar-refractivity contribution in [2.24, 2.45) is 5.92 Å². The Balaban J connectivity index is 1.64. The van der Waals surface area contributed by atoms with E-state index >= 15 is 0 Å². The second-order valence-electron chi connectivity index (χ2n) is 5.44. The number of nitrogens with one attached hydrogen (secondary N) is 2. The molecule has 0 spiro atoms. The van der Waals surface area contributed by atoms with Crippen molar-refractivity contribution in [2.45, 2.75) is 32.1 Å². The summed E-state index contributed by atoms with van der Waals surface area (Å²) in [6.45, 7) is 0.662. The molecule has 21 heavy (non-hydrogen) atoms. The van der Waals surface area contributed by atoms with Gasteiger partial charge in [-0.25, -0.2) is 4.39 Å². The largest absolute Gasteiger partial charge is 0.354 e. The van der Waals surface area contributed by atoms with E-state index in [0.29, 0.717) is 25.4 Å². The van der Waals surface area contributed by atoms with Crippen LogP contribution in [0.4, 0.5) is 4.39 Å². The molecule has 1 fully saturated rings. The second kappa shape index (κ2) is 7.76. The molecule has 0 aromatic heterocycles. The summed E-state index contributed by atoms with van der Waals surface area (Å²) >= 11 is 0. The Hall–Kier alpha value is -1.91. The smallest absolute Gasteiger partial charge is 0.254 e. The van der Waals surface area contributed by atoms with E-state index < -0.39 is 11.7 Å². The first kappa shape index (κ1) is 15.5. The van der Waals surface area contributed by atoms with E-state index in [2.05, 4.69) is 10.6 Å². The van der Waals surface area contributed by atoms with Crippen LogP contribution >= 0.6 is 0 Å². The van der Waals surface area contributed by atoms with Gasteiger partial charge >= 0.3 is 0 Å². The summed E-state index contributed by atoms with van der Waals surface area (Å²) in [7, 11) is 0. The Kier molecular flexibility index (Phi) is 5.72. The third-order valence-corrected chi connectivity index (χ3v) is 3.80. The highest BCUT2D eigenvalue weighted by Crippen LogP contribution is 2.27. The molecular formula is C16H21FN2O2. The van der Waals surface area contributed by atoms with E-state index in [4.69, 9.17) is 0 Å². The molecule has 0 bridgehead atoms. The predicted molar refractivity (Wildman–Crippen MR) is 78.3 cm³/mol. The van der Waals surface area contributed by atoms with Gasteiger partial charge in [-0.1, -0.05) is 25.0 Å². The highest BCUT2D eigenvalue weighted by atomic mass is 19.1. The highest BCUT2D eigenvalue weighted by Gasteiger charge is 2.18.